The first-order chi connectivity index (χ1) is 10.3. The van der Waals surface area contributed by atoms with E-state index < -0.39 is 0 Å². The van der Waals surface area contributed by atoms with Crippen LogP contribution in [0.25, 0.3) is 10.8 Å². The molecule has 0 saturated heterocycles. The van der Waals surface area contributed by atoms with Crippen LogP contribution in [0.3, 0.4) is 0 Å². The average Bonchev–Trinajstić information content (AvgIpc) is 2.77. The molecule has 3 aromatic carbocycles. The second-order valence-corrected chi connectivity index (χ2v) is 6.43. The molecule has 0 aromatic heterocycles. The van der Waals surface area contributed by atoms with Crippen molar-refractivity contribution in [2.45, 2.75) is 24.9 Å². The fourth-order valence-electron chi connectivity index (χ4n) is 4.39. The van der Waals surface area contributed by atoms with Crippen molar-refractivity contribution < 1.29 is 0 Å². The molecule has 2 heterocycles. The van der Waals surface area contributed by atoms with Crippen molar-refractivity contribution in [2.75, 3.05) is 0 Å². The van der Waals surface area contributed by atoms with E-state index in [2.05, 4.69) is 72.9 Å². The Kier molecular flexibility index (Phi) is 2.06. The Morgan fingerprint density at radius 1 is 0.905 bits per heavy atom. The maximum absolute atomic E-state index is 3.88. The van der Waals surface area contributed by atoms with Gasteiger partial charge in [0.1, 0.15) is 0 Å². The highest BCUT2D eigenvalue weighted by atomic mass is 15.1. The van der Waals surface area contributed by atoms with Crippen LogP contribution < -0.4 is 5.32 Å². The van der Waals surface area contributed by atoms with Crippen LogP contribution in [0.4, 0.5) is 0 Å². The van der Waals surface area contributed by atoms with E-state index in [1.807, 2.05) is 0 Å². The molecule has 2 atom stereocenters. The van der Waals surface area contributed by atoms with Crippen molar-refractivity contribution in [2.24, 2.45) is 0 Å². The molecule has 0 aliphatic carbocycles. The van der Waals surface area contributed by atoms with Crippen LogP contribution >= 0.6 is 0 Å². The maximum atomic E-state index is 3.88. The van der Waals surface area contributed by atoms with E-state index in [-0.39, 0.29) is 5.54 Å². The molecule has 2 aliphatic rings. The summed E-state index contributed by atoms with van der Waals surface area (Å²) in [4.78, 5) is 0. The second-order valence-electron chi connectivity index (χ2n) is 6.43. The van der Waals surface area contributed by atoms with Crippen LogP contribution in [-0.4, -0.2) is 0 Å². The monoisotopic (exact) mass is 271 g/mol. The molecule has 21 heavy (non-hydrogen) atoms. The summed E-state index contributed by atoms with van der Waals surface area (Å²) < 4.78 is 0. The smallest absolute Gasteiger partial charge is 0.0672 e. The zero-order valence-electron chi connectivity index (χ0n) is 12.1. The van der Waals surface area contributed by atoms with Gasteiger partial charge in [0.05, 0.1) is 5.54 Å². The molecule has 0 spiro atoms. The van der Waals surface area contributed by atoms with Gasteiger partial charge in [0.25, 0.3) is 0 Å². The Balaban J connectivity index is 1.89. The highest BCUT2D eigenvalue weighted by Gasteiger charge is 2.46. The molecule has 3 aromatic rings. The quantitative estimate of drug-likeness (QED) is 0.642. The van der Waals surface area contributed by atoms with E-state index in [9.17, 15) is 0 Å². The summed E-state index contributed by atoms with van der Waals surface area (Å²) in [6, 6.07) is 22.7. The summed E-state index contributed by atoms with van der Waals surface area (Å²) >= 11 is 0. The third kappa shape index (κ3) is 1.35. The van der Waals surface area contributed by atoms with Crippen LogP contribution in [0.5, 0.6) is 0 Å². The topological polar surface area (TPSA) is 12.0 Å². The number of fused-ring (bicyclic) bond motifs is 9. The first-order valence-electron chi connectivity index (χ1n) is 7.65. The molecule has 0 amide bonds. The molecule has 0 saturated carbocycles. The van der Waals surface area contributed by atoms with Gasteiger partial charge in [-0.1, -0.05) is 60.7 Å². The average molecular weight is 271 g/mol. The summed E-state index contributed by atoms with van der Waals surface area (Å²) in [6.07, 6.45) is 1.09. The summed E-state index contributed by atoms with van der Waals surface area (Å²) in [7, 11) is 0. The van der Waals surface area contributed by atoms with Crippen LogP contribution in [0, 0.1) is 0 Å². The number of hydrogen-bond donors (Lipinski definition) is 1. The third-order valence-corrected chi connectivity index (χ3v) is 5.30. The fraction of sp³-hybridized carbons (Fsp3) is 0.200. The third-order valence-electron chi connectivity index (χ3n) is 5.30. The van der Waals surface area contributed by atoms with Crippen LogP contribution in [0.2, 0.25) is 0 Å². The van der Waals surface area contributed by atoms with Crippen molar-refractivity contribution in [1.82, 2.24) is 5.32 Å². The highest BCUT2D eigenvalue weighted by Crippen LogP contribution is 2.50. The maximum Gasteiger partial charge on any atom is 0.0672 e. The molecule has 2 aliphatic heterocycles. The molecule has 1 N–H and O–H groups in total. The van der Waals surface area contributed by atoms with Gasteiger partial charge in [-0.25, -0.2) is 0 Å². The Labute approximate surface area is 124 Å². The first-order valence-corrected chi connectivity index (χ1v) is 7.65. The number of benzene rings is 3. The zero-order valence-corrected chi connectivity index (χ0v) is 12.1. The minimum atomic E-state index is -0.0428. The Morgan fingerprint density at radius 3 is 2.67 bits per heavy atom. The normalized spacial score (nSPS) is 25.7. The van der Waals surface area contributed by atoms with Crippen molar-refractivity contribution in [1.29, 1.82) is 0 Å². The Hall–Kier alpha value is -2.12. The predicted molar refractivity (Wildman–Crippen MR) is 86.4 cm³/mol. The van der Waals surface area contributed by atoms with E-state index in [1.54, 1.807) is 0 Å². The second kappa shape index (κ2) is 3.75. The van der Waals surface area contributed by atoms with Gasteiger partial charge in [-0.15, -0.1) is 0 Å². The van der Waals surface area contributed by atoms with Gasteiger partial charge in [-0.3, -0.25) is 5.32 Å². The van der Waals surface area contributed by atoms with Crippen molar-refractivity contribution >= 4 is 10.8 Å². The van der Waals surface area contributed by atoms with Crippen molar-refractivity contribution in [3.05, 3.63) is 82.9 Å². The summed E-state index contributed by atoms with van der Waals surface area (Å²) in [5.74, 6) is 0. The number of rotatable bonds is 0. The van der Waals surface area contributed by atoms with Crippen molar-refractivity contribution in [3.63, 3.8) is 0 Å². The summed E-state index contributed by atoms with van der Waals surface area (Å²) in [6.45, 7) is 2.33. The molecular weight excluding hydrogens is 254 g/mol. The van der Waals surface area contributed by atoms with E-state index >= 15 is 0 Å². The van der Waals surface area contributed by atoms with Gasteiger partial charge in [-0.2, -0.15) is 0 Å². The molecule has 0 unspecified atom stereocenters. The van der Waals surface area contributed by atoms with Crippen molar-refractivity contribution in [3.8, 4) is 0 Å². The van der Waals surface area contributed by atoms with E-state index in [4.69, 9.17) is 0 Å². The highest BCUT2D eigenvalue weighted by molar-refractivity contribution is 5.89. The van der Waals surface area contributed by atoms with E-state index in [0.29, 0.717) is 6.04 Å². The fourth-order valence-corrected chi connectivity index (χ4v) is 4.39. The lowest BCUT2D eigenvalue weighted by Crippen LogP contribution is -2.41. The Bertz CT molecular complexity index is 880. The molecule has 5 rings (SSSR count). The van der Waals surface area contributed by atoms with E-state index in [1.165, 1.54) is 33.0 Å². The first kappa shape index (κ1) is 11.5. The minimum absolute atomic E-state index is 0.0428. The number of hydrogen-bond acceptors (Lipinski definition) is 1. The molecule has 102 valence electrons. The lowest BCUT2D eigenvalue weighted by Gasteiger charge is -2.34. The molecule has 1 heteroatoms. The van der Waals surface area contributed by atoms with E-state index in [0.717, 1.165) is 6.42 Å². The van der Waals surface area contributed by atoms with Crippen LogP contribution in [-0.2, 0) is 12.0 Å². The zero-order chi connectivity index (χ0) is 14.0. The lowest BCUT2D eigenvalue weighted by molar-refractivity contribution is 0.389. The largest absolute Gasteiger partial charge is 0.297 e. The van der Waals surface area contributed by atoms with Gasteiger partial charge in [0.15, 0.2) is 0 Å². The van der Waals surface area contributed by atoms with Gasteiger partial charge in [0.2, 0.25) is 0 Å². The van der Waals surface area contributed by atoms with Gasteiger partial charge in [-0.05, 0) is 46.4 Å². The Morgan fingerprint density at radius 2 is 1.71 bits per heavy atom. The standard InChI is InChI=1S/C20H17N/c1-20-16-9-5-3-7-14(16)12-18(21-20)19-15-8-4-2-6-13(15)10-11-17(19)20/h2-11,18,21H,12H2,1H3/t18-,20+/m1/s1. The van der Waals surface area contributed by atoms with Gasteiger partial charge < -0.3 is 0 Å². The predicted octanol–water partition coefficient (Wildman–Crippen LogP) is 4.30. The summed E-state index contributed by atoms with van der Waals surface area (Å²) in [5, 5.41) is 6.63. The SMILES string of the molecule is C[C@]12N[C@H](Cc3ccccc31)c1c2ccc2ccccc12. The van der Waals surface area contributed by atoms with Gasteiger partial charge in [0, 0.05) is 6.04 Å². The van der Waals surface area contributed by atoms with Crippen LogP contribution in [0.15, 0.2) is 60.7 Å². The van der Waals surface area contributed by atoms with Gasteiger partial charge >= 0.3 is 0 Å². The molecule has 0 radical (unpaired) electrons. The lowest BCUT2D eigenvalue weighted by atomic mass is 9.82. The molecule has 2 bridgehead atoms. The molecule has 0 fully saturated rings. The molecular formula is C20H17N. The minimum Gasteiger partial charge on any atom is -0.297 e. The summed E-state index contributed by atoms with van der Waals surface area (Å²) in [5.41, 5.74) is 5.85. The van der Waals surface area contributed by atoms with Crippen LogP contribution in [0.1, 0.15) is 35.2 Å². The number of nitrogens with one attached hydrogen (secondary N) is 1. The molecule has 1 nitrogen and oxygen atoms in total.